The maximum absolute atomic E-state index is 12.4. The van der Waals surface area contributed by atoms with E-state index in [4.69, 9.17) is 15.6 Å². The van der Waals surface area contributed by atoms with Crippen LogP contribution in [0.3, 0.4) is 0 Å². The third kappa shape index (κ3) is 5.28. The third-order valence-electron chi connectivity index (χ3n) is 4.40. The van der Waals surface area contributed by atoms with Crippen LogP contribution in [-0.2, 0) is 14.3 Å². The van der Waals surface area contributed by atoms with Crippen molar-refractivity contribution in [3.05, 3.63) is 0 Å². The molecule has 0 aromatic carbocycles. The highest BCUT2D eigenvalue weighted by atomic mass is 16.5. The predicted octanol–water partition coefficient (Wildman–Crippen LogP) is 1.14. The molecule has 2 atom stereocenters. The fourth-order valence-corrected chi connectivity index (χ4v) is 2.59. The molecular weight excluding hydrogens is 272 g/mol. The van der Waals surface area contributed by atoms with Gasteiger partial charge in [-0.1, -0.05) is 13.3 Å². The van der Waals surface area contributed by atoms with Crippen molar-refractivity contribution < 1.29 is 19.4 Å². The molecule has 6 heteroatoms. The summed E-state index contributed by atoms with van der Waals surface area (Å²) in [6.07, 6.45) is 3.52. The van der Waals surface area contributed by atoms with Crippen molar-refractivity contribution >= 4 is 11.9 Å². The van der Waals surface area contributed by atoms with Crippen LogP contribution in [-0.4, -0.2) is 42.8 Å². The van der Waals surface area contributed by atoms with Crippen molar-refractivity contribution in [2.45, 2.75) is 52.0 Å². The van der Waals surface area contributed by atoms with Crippen LogP contribution in [0, 0.1) is 11.3 Å². The first kappa shape index (κ1) is 17.9. The molecule has 122 valence electrons. The topological polar surface area (TPSA) is 102 Å². The minimum Gasteiger partial charge on any atom is -0.481 e. The molecule has 1 heterocycles. The van der Waals surface area contributed by atoms with Gasteiger partial charge in [0.15, 0.2) is 0 Å². The van der Waals surface area contributed by atoms with E-state index in [2.05, 4.69) is 5.32 Å². The van der Waals surface area contributed by atoms with E-state index < -0.39 is 11.4 Å². The first-order chi connectivity index (χ1) is 9.91. The molecule has 6 nitrogen and oxygen atoms in total. The van der Waals surface area contributed by atoms with Crippen molar-refractivity contribution in [3.8, 4) is 0 Å². The summed E-state index contributed by atoms with van der Waals surface area (Å²) in [6, 6.07) is 0.0322. The van der Waals surface area contributed by atoms with Gasteiger partial charge >= 0.3 is 5.97 Å². The van der Waals surface area contributed by atoms with Gasteiger partial charge in [-0.3, -0.25) is 9.59 Å². The van der Waals surface area contributed by atoms with Crippen LogP contribution in [0.25, 0.3) is 0 Å². The zero-order valence-corrected chi connectivity index (χ0v) is 13.1. The van der Waals surface area contributed by atoms with Crippen molar-refractivity contribution in [2.75, 3.05) is 19.8 Å². The highest BCUT2D eigenvalue weighted by molar-refractivity contribution is 5.83. The van der Waals surface area contributed by atoms with Crippen LogP contribution in [0.1, 0.15) is 46.0 Å². The molecule has 4 N–H and O–H groups in total. The van der Waals surface area contributed by atoms with E-state index in [-0.39, 0.29) is 17.9 Å². The van der Waals surface area contributed by atoms with Crippen LogP contribution in [0.15, 0.2) is 0 Å². The number of aliphatic carboxylic acids is 1. The van der Waals surface area contributed by atoms with Gasteiger partial charge in [-0.25, -0.2) is 0 Å². The van der Waals surface area contributed by atoms with Crippen LogP contribution < -0.4 is 11.1 Å². The molecule has 1 aliphatic heterocycles. The average molecular weight is 300 g/mol. The quantitative estimate of drug-likeness (QED) is 0.624. The number of carboxylic acid groups (broad SMARTS) is 1. The maximum atomic E-state index is 12.4. The molecule has 0 saturated carbocycles. The van der Waals surface area contributed by atoms with E-state index in [0.29, 0.717) is 39.0 Å². The summed E-state index contributed by atoms with van der Waals surface area (Å²) in [7, 11) is 0. The van der Waals surface area contributed by atoms with Gasteiger partial charge in [0.05, 0.1) is 11.3 Å². The largest absolute Gasteiger partial charge is 0.481 e. The summed E-state index contributed by atoms with van der Waals surface area (Å²) in [4.78, 5) is 23.2. The first-order valence-electron chi connectivity index (χ1n) is 7.73. The number of hydrogen-bond acceptors (Lipinski definition) is 4. The lowest BCUT2D eigenvalue weighted by Gasteiger charge is -2.35. The molecule has 1 fully saturated rings. The Bertz CT molecular complexity index is 354. The molecule has 0 aromatic rings. The second kappa shape index (κ2) is 8.34. The number of nitrogens with one attached hydrogen (secondary N) is 1. The highest BCUT2D eigenvalue weighted by Gasteiger charge is 2.39. The van der Waals surface area contributed by atoms with Gasteiger partial charge in [0, 0.05) is 25.8 Å². The number of hydrogen-bond donors (Lipinski definition) is 3. The Morgan fingerprint density at radius 1 is 1.29 bits per heavy atom. The Balaban J connectivity index is 2.37. The summed E-state index contributed by atoms with van der Waals surface area (Å²) in [5, 5.41) is 11.9. The summed E-state index contributed by atoms with van der Waals surface area (Å²) in [5.41, 5.74) is 5.31. The lowest BCUT2D eigenvalue weighted by molar-refractivity contribution is -0.141. The Morgan fingerprint density at radius 2 is 1.90 bits per heavy atom. The number of carbonyl (C=O) groups is 2. The Morgan fingerprint density at radius 3 is 2.43 bits per heavy atom. The Kier molecular flexibility index (Phi) is 7.11. The van der Waals surface area contributed by atoms with Gasteiger partial charge in [0.1, 0.15) is 0 Å². The minimum atomic E-state index is -0.768. The molecular formula is C15H28N2O4. The number of ether oxygens (including phenoxy) is 1. The van der Waals surface area contributed by atoms with Gasteiger partial charge in [-0.05, 0) is 32.6 Å². The Labute approximate surface area is 126 Å². The smallest absolute Gasteiger partial charge is 0.306 e. The second-order valence-electron chi connectivity index (χ2n) is 6.14. The van der Waals surface area contributed by atoms with E-state index in [1.807, 2.05) is 6.92 Å². The minimum absolute atomic E-state index is 0.00656. The first-order valence-corrected chi connectivity index (χ1v) is 7.73. The summed E-state index contributed by atoms with van der Waals surface area (Å²) < 4.78 is 5.30. The molecule has 1 rings (SSSR count). The normalized spacial score (nSPS) is 20.5. The summed E-state index contributed by atoms with van der Waals surface area (Å²) in [5.74, 6) is -1.10. The van der Waals surface area contributed by atoms with Crippen LogP contribution in [0.5, 0.6) is 0 Å². The lowest BCUT2D eigenvalue weighted by atomic mass is 9.79. The van der Waals surface area contributed by atoms with Gasteiger partial charge in [-0.2, -0.15) is 0 Å². The van der Waals surface area contributed by atoms with E-state index in [9.17, 15) is 9.59 Å². The number of nitrogens with two attached hydrogens (primary N) is 1. The molecule has 0 aromatic heterocycles. The molecule has 1 aliphatic rings. The van der Waals surface area contributed by atoms with Gasteiger partial charge in [0.25, 0.3) is 0 Å². The summed E-state index contributed by atoms with van der Waals surface area (Å²) >= 11 is 0. The zero-order chi connectivity index (χ0) is 15.9. The second-order valence-corrected chi connectivity index (χ2v) is 6.14. The van der Waals surface area contributed by atoms with Crippen LogP contribution >= 0.6 is 0 Å². The fourth-order valence-electron chi connectivity index (χ4n) is 2.59. The predicted molar refractivity (Wildman–Crippen MR) is 79.8 cm³/mol. The molecule has 1 amide bonds. The molecule has 0 spiro atoms. The maximum Gasteiger partial charge on any atom is 0.306 e. The number of carbonyl (C=O) groups excluding carboxylic acids is 1. The molecule has 21 heavy (non-hydrogen) atoms. The number of amides is 1. The number of rotatable bonds is 8. The van der Waals surface area contributed by atoms with Crippen molar-refractivity contribution in [2.24, 2.45) is 17.1 Å². The van der Waals surface area contributed by atoms with Gasteiger partial charge in [-0.15, -0.1) is 0 Å². The Hall–Kier alpha value is -1.14. The molecule has 0 radical (unpaired) electrons. The zero-order valence-electron chi connectivity index (χ0n) is 13.1. The lowest BCUT2D eigenvalue weighted by Crippen LogP contribution is -2.51. The van der Waals surface area contributed by atoms with Crippen molar-refractivity contribution in [1.29, 1.82) is 0 Å². The molecule has 1 saturated heterocycles. The van der Waals surface area contributed by atoms with E-state index >= 15 is 0 Å². The van der Waals surface area contributed by atoms with E-state index in [1.165, 1.54) is 0 Å². The SMILES string of the molecule is CC(CCCC(C)C(=O)O)NC(=O)C1(CN)CCOCC1. The van der Waals surface area contributed by atoms with Gasteiger partial charge in [0.2, 0.25) is 5.91 Å². The van der Waals surface area contributed by atoms with Crippen LogP contribution in [0.2, 0.25) is 0 Å². The van der Waals surface area contributed by atoms with Crippen molar-refractivity contribution in [3.63, 3.8) is 0 Å². The monoisotopic (exact) mass is 300 g/mol. The van der Waals surface area contributed by atoms with Crippen LogP contribution in [0.4, 0.5) is 0 Å². The van der Waals surface area contributed by atoms with Gasteiger partial charge < -0.3 is 20.9 Å². The van der Waals surface area contributed by atoms with E-state index in [1.54, 1.807) is 6.92 Å². The average Bonchev–Trinajstić information content (AvgIpc) is 2.47. The molecule has 2 unspecified atom stereocenters. The summed E-state index contributed by atoms with van der Waals surface area (Å²) in [6.45, 7) is 5.15. The highest BCUT2D eigenvalue weighted by Crippen LogP contribution is 2.29. The number of carboxylic acids is 1. The standard InChI is InChI=1S/C15H28N2O4/c1-11(13(18)19)4-3-5-12(2)17-14(20)15(10-16)6-8-21-9-7-15/h11-12H,3-10,16H2,1-2H3,(H,17,20)(H,18,19). The fraction of sp³-hybridized carbons (Fsp3) is 0.867. The van der Waals surface area contributed by atoms with E-state index in [0.717, 1.165) is 12.8 Å². The molecule has 0 aliphatic carbocycles. The van der Waals surface area contributed by atoms with Crippen molar-refractivity contribution in [1.82, 2.24) is 5.32 Å². The molecule has 0 bridgehead atoms. The third-order valence-corrected chi connectivity index (χ3v) is 4.40.